The molecule has 1 aliphatic heterocycles. The summed E-state index contributed by atoms with van der Waals surface area (Å²) in [6.07, 6.45) is 3.48. The van der Waals surface area contributed by atoms with E-state index in [-0.39, 0.29) is 5.91 Å². The van der Waals surface area contributed by atoms with Crippen LogP contribution in [0.2, 0.25) is 0 Å². The molecule has 3 aromatic rings. The molecule has 1 aromatic heterocycles. The first-order chi connectivity index (χ1) is 10.7. The number of fused-ring (bicyclic) bond motifs is 2. The average Bonchev–Trinajstić information content (AvgIpc) is 3.10. The molecule has 3 heteroatoms. The molecular weight excluding hydrogens is 272 g/mol. The van der Waals surface area contributed by atoms with Crippen molar-refractivity contribution in [3.8, 4) is 0 Å². The van der Waals surface area contributed by atoms with Gasteiger partial charge in [0.05, 0.1) is 6.42 Å². The minimum Gasteiger partial charge on any atom is -0.350 e. The van der Waals surface area contributed by atoms with Crippen molar-refractivity contribution in [1.29, 1.82) is 0 Å². The van der Waals surface area contributed by atoms with Gasteiger partial charge in [0, 0.05) is 36.4 Å². The van der Waals surface area contributed by atoms with E-state index in [1.54, 1.807) is 0 Å². The van der Waals surface area contributed by atoms with Gasteiger partial charge in [0.2, 0.25) is 5.91 Å². The number of aryl methyl sites for hydroxylation is 1. The number of nitrogens with zero attached hydrogens (tertiary/aromatic N) is 2. The summed E-state index contributed by atoms with van der Waals surface area (Å²) in [6.45, 7) is 0.795. The number of amides is 1. The van der Waals surface area contributed by atoms with Crippen LogP contribution in [0.3, 0.4) is 0 Å². The number of aromatic nitrogens is 1. The SMILES string of the molecule is Cn1cc(CC(=O)N2CCc3ccccc32)c2ccccc21. The fraction of sp³-hybridized carbons (Fsp3) is 0.211. The van der Waals surface area contributed by atoms with Crippen LogP contribution < -0.4 is 4.90 Å². The van der Waals surface area contributed by atoms with Crippen LogP contribution in [0, 0.1) is 0 Å². The number of hydrogen-bond acceptors (Lipinski definition) is 1. The van der Waals surface area contributed by atoms with Crippen molar-refractivity contribution < 1.29 is 4.79 Å². The average molecular weight is 290 g/mol. The topological polar surface area (TPSA) is 25.2 Å². The van der Waals surface area contributed by atoms with E-state index in [2.05, 4.69) is 29.0 Å². The molecule has 0 fully saturated rings. The van der Waals surface area contributed by atoms with E-state index in [1.807, 2.05) is 42.3 Å². The van der Waals surface area contributed by atoms with Gasteiger partial charge in [-0.25, -0.2) is 0 Å². The molecule has 22 heavy (non-hydrogen) atoms. The zero-order valence-corrected chi connectivity index (χ0v) is 12.6. The van der Waals surface area contributed by atoms with Gasteiger partial charge >= 0.3 is 0 Å². The first kappa shape index (κ1) is 13.1. The molecule has 0 saturated carbocycles. The Morgan fingerprint density at radius 3 is 2.77 bits per heavy atom. The minimum atomic E-state index is 0.182. The lowest BCUT2D eigenvalue weighted by molar-refractivity contribution is -0.117. The number of para-hydroxylation sites is 2. The van der Waals surface area contributed by atoms with Crippen molar-refractivity contribution in [2.24, 2.45) is 7.05 Å². The molecule has 0 radical (unpaired) electrons. The number of hydrogen-bond donors (Lipinski definition) is 0. The highest BCUT2D eigenvalue weighted by atomic mass is 16.2. The highest BCUT2D eigenvalue weighted by Gasteiger charge is 2.24. The van der Waals surface area contributed by atoms with Gasteiger partial charge in [0.25, 0.3) is 0 Å². The summed E-state index contributed by atoms with van der Waals surface area (Å²) in [6, 6.07) is 16.4. The van der Waals surface area contributed by atoms with Crippen molar-refractivity contribution in [1.82, 2.24) is 4.57 Å². The Bertz CT molecular complexity index is 863. The van der Waals surface area contributed by atoms with Gasteiger partial charge in [-0.05, 0) is 29.7 Å². The standard InChI is InChI=1S/C19H18N2O/c1-20-13-15(16-7-3-5-9-18(16)20)12-19(22)21-11-10-14-6-2-4-8-17(14)21/h2-9,13H,10-12H2,1H3. The first-order valence-corrected chi connectivity index (χ1v) is 7.65. The predicted octanol–water partition coefficient (Wildman–Crippen LogP) is 3.31. The molecule has 0 saturated heterocycles. The molecule has 0 atom stereocenters. The Hall–Kier alpha value is -2.55. The summed E-state index contributed by atoms with van der Waals surface area (Å²) in [5.74, 6) is 0.182. The molecule has 4 rings (SSSR count). The monoisotopic (exact) mass is 290 g/mol. The maximum absolute atomic E-state index is 12.7. The van der Waals surface area contributed by atoms with Crippen LogP contribution in [0.5, 0.6) is 0 Å². The van der Waals surface area contributed by atoms with Crippen LogP contribution in [-0.2, 0) is 24.7 Å². The summed E-state index contributed by atoms with van der Waals surface area (Å²) in [5.41, 5.74) is 4.63. The molecular formula is C19H18N2O. The molecule has 1 amide bonds. The fourth-order valence-corrected chi connectivity index (χ4v) is 3.42. The maximum atomic E-state index is 12.7. The van der Waals surface area contributed by atoms with Gasteiger partial charge < -0.3 is 9.47 Å². The highest BCUT2D eigenvalue weighted by molar-refractivity contribution is 5.99. The Balaban J connectivity index is 1.65. The van der Waals surface area contributed by atoms with Crippen LogP contribution in [0.15, 0.2) is 54.7 Å². The number of anilines is 1. The van der Waals surface area contributed by atoms with E-state index in [0.717, 1.165) is 24.2 Å². The Kier molecular flexibility index (Phi) is 3.00. The van der Waals surface area contributed by atoms with Gasteiger partial charge in [0.1, 0.15) is 0 Å². The van der Waals surface area contributed by atoms with Crippen LogP contribution in [0.25, 0.3) is 10.9 Å². The van der Waals surface area contributed by atoms with Gasteiger partial charge in [0.15, 0.2) is 0 Å². The first-order valence-electron chi connectivity index (χ1n) is 7.65. The quantitative estimate of drug-likeness (QED) is 0.711. The number of carbonyl (C=O) groups excluding carboxylic acids is 1. The minimum absolute atomic E-state index is 0.182. The van der Waals surface area contributed by atoms with E-state index in [9.17, 15) is 4.79 Å². The molecule has 0 N–H and O–H groups in total. The fourth-order valence-electron chi connectivity index (χ4n) is 3.42. The van der Waals surface area contributed by atoms with Gasteiger partial charge in [-0.3, -0.25) is 4.79 Å². The molecule has 0 unspecified atom stereocenters. The molecule has 0 aliphatic carbocycles. The Morgan fingerprint density at radius 2 is 1.86 bits per heavy atom. The molecule has 1 aliphatic rings. The third-order valence-corrected chi connectivity index (χ3v) is 4.51. The van der Waals surface area contributed by atoms with Gasteiger partial charge in [-0.15, -0.1) is 0 Å². The summed E-state index contributed by atoms with van der Waals surface area (Å²) < 4.78 is 2.09. The largest absolute Gasteiger partial charge is 0.350 e. The second-order valence-electron chi connectivity index (χ2n) is 5.88. The summed E-state index contributed by atoms with van der Waals surface area (Å²) >= 11 is 0. The second kappa shape index (κ2) is 5.02. The van der Waals surface area contributed by atoms with Crippen molar-refractivity contribution in [3.63, 3.8) is 0 Å². The third-order valence-electron chi connectivity index (χ3n) is 4.51. The van der Waals surface area contributed by atoms with Crippen LogP contribution in [0.1, 0.15) is 11.1 Å². The molecule has 2 heterocycles. The van der Waals surface area contributed by atoms with E-state index < -0.39 is 0 Å². The van der Waals surface area contributed by atoms with E-state index in [4.69, 9.17) is 0 Å². The third kappa shape index (κ3) is 2.01. The molecule has 2 aromatic carbocycles. The Morgan fingerprint density at radius 1 is 1.09 bits per heavy atom. The van der Waals surface area contributed by atoms with Crippen LogP contribution in [-0.4, -0.2) is 17.0 Å². The van der Waals surface area contributed by atoms with E-state index >= 15 is 0 Å². The predicted molar refractivity (Wildman–Crippen MR) is 89.1 cm³/mol. The van der Waals surface area contributed by atoms with Crippen molar-refractivity contribution in [3.05, 3.63) is 65.9 Å². The van der Waals surface area contributed by atoms with E-state index in [1.165, 1.54) is 16.5 Å². The highest BCUT2D eigenvalue weighted by Crippen LogP contribution is 2.29. The molecule has 0 spiro atoms. The summed E-state index contributed by atoms with van der Waals surface area (Å²) in [4.78, 5) is 14.7. The molecule has 3 nitrogen and oxygen atoms in total. The van der Waals surface area contributed by atoms with Crippen molar-refractivity contribution >= 4 is 22.5 Å². The zero-order chi connectivity index (χ0) is 15.1. The normalized spacial score (nSPS) is 13.6. The van der Waals surface area contributed by atoms with Crippen LogP contribution in [0.4, 0.5) is 5.69 Å². The Labute approximate surface area is 129 Å². The van der Waals surface area contributed by atoms with Crippen LogP contribution >= 0.6 is 0 Å². The summed E-state index contributed by atoms with van der Waals surface area (Å²) in [5, 5.41) is 1.17. The lowest BCUT2D eigenvalue weighted by Gasteiger charge is -2.17. The van der Waals surface area contributed by atoms with Gasteiger partial charge in [-0.1, -0.05) is 36.4 Å². The number of benzene rings is 2. The second-order valence-corrected chi connectivity index (χ2v) is 5.88. The van der Waals surface area contributed by atoms with Gasteiger partial charge in [-0.2, -0.15) is 0 Å². The van der Waals surface area contributed by atoms with Crippen molar-refractivity contribution in [2.75, 3.05) is 11.4 Å². The molecule has 110 valence electrons. The maximum Gasteiger partial charge on any atom is 0.231 e. The lowest BCUT2D eigenvalue weighted by atomic mass is 10.1. The van der Waals surface area contributed by atoms with Crippen molar-refractivity contribution in [2.45, 2.75) is 12.8 Å². The molecule has 0 bridgehead atoms. The number of rotatable bonds is 2. The van der Waals surface area contributed by atoms with E-state index in [0.29, 0.717) is 6.42 Å². The number of carbonyl (C=O) groups is 1. The smallest absolute Gasteiger partial charge is 0.231 e. The summed E-state index contributed by atoms with van der Waals surface area (Å²) in [7, 11) is 2.03. The zero-order valence-electron chi connectivity index (χ0n) is 12.6. The lowest BCUT2D eigenvalue weighted by Crippen LogP contribution is -2.30.